The lowest BCUT2D eigenvalue weighted by Gasteiger charge is -1.95. The summed E-state index contributed by atoms with van der Waals surface area (Å²) in [6.45, 7) is 8.28. The van der Waals surface area contributed by atoms with Gasteiger partial charge in [0.15, 0.2) is 0 Å². The molecule has 0 fully saturated rings. The van der Waals surface area contributed by atoms with Crippen molar-refractivity contribution in [2.75, 3.05) is 13.6 Å². The minimum atomic E-state index is 0.816. The second kappa shape index (κ2) is 5.45. The number of halogens is 1. The first-order valence-corrected chi connectivity index (χ1v) is 3.81. The molecule has 0 heterocycles. The third kappa shape index (κ3) is 5.79. The molecular formula is C8H12BrN. The van der Waals surface area contributed by atoms with Crippen LogP contribution in [0.15, 0.2) is 35.4 Å². The molecule has 0 saturated heterocycles. The van der Waals surface area contributed by atoms with Crippen LogP contribution in [0.25, 0.3) is 0 Å². The van der Waals surface area contributed by atoms with Gasteiger partial charge in [-0.05, 0) is 18.7 Å². The number of allylic oxidation sites excluding steroid dienone is 2. The van der Waals surface area contributed by atoms with Gasteiger partial charge < -0.3 is 5.32 Å². The van der Waals surface area contributed by atoms with Gasteiger partial charge in [0.1, 0.15) is 0 Å². The van der Waals surface area contributed by atoms with Crippen LogP contribution in [0.3, 0.4) is 0 Å². The van der Waals surface area contributed by atoms with Gasteiger partial charge in [0.05, 0.1) is 0 Å². The molecule has 0 aromatic rings. The second-order valence-electron chi connectivity index (χ2n) is 1.97. The Labute approximate surface area is 70.6 Å². The Morgan fingerprint density at radius 1 is 1.50 bits per heavy atom. The van der Waals surface area contributed by atoms with Crippen molar-refractivity contribution in [3.8, 4) is 0 Å². The van der Waals surface area contributed by atoms with Gasteiger partial charge in [-0.3, -0.25) is 0 Å². The molecule has 0 aromatic carbocycles. The van der Waals surface area contributed by atoms with E-state index < -0.39 is 0 Å². The monoisotopic (exact) mass is 201 g/mol. The van der Waals surface area contributed by atoms with Crippen LogP contribution in [0.1, 0.15) is 0 Å². The van der Waals surface area contributed by atoms with Crippen LogP contribution in [-0.2, 0) is 0 Å². The fourth-order valence-electron chi connectivity index (χ4n) is 0.494. The van der Waals surface area contributed by atoms with E-state index in [0.717, 1.165) is 16.6 Å². The van der Waals surface area contributed by atoms with Crippen molar-refractivity contribution in [2.45, 2.75) is 0 Å². The van der Waals surface area contributed by atoms with Crippen molar-refractivity contribution in [3.05, 3.63) is 35.4 Å². The molecule has 0 unspecified atom stereocenters. The molecule has 0 saturated carbocycles. The van der Waals surface area contributed by atoms with E-state index in [4.69, 9.17) is 0 Å². The minimum Gasteiger partial charge on any atom is -0.316 e. The van der Waals surface area contributed by atoms with Crippen LogP contribution < -0.4 is 5.32 Å². The molecule has 1 N–H and O–H groups in total. The Morgan fingerprint density at radius 3 is 2.50 bits per heavy atom. The molecular weight excluding hydrogens is 190 g/mol. The van der Waals surface area contributed by atoms with Gasteiger partial charge in [0.2, 0.25) is 0 Å². The molecule has 2 heteroatoms. The lowest BCUT2D eigenvalue weighted by atomic mass is 10.3. The maximum atomic E-state index is 3.81. The van der Waals surface area contributed by atoms with Crippen molar-refractivity contribution in [1.82, 2.24) is 5.32 Å². The summed E-state index contributed by atoms with van der Waals surface area (Å²) in [5, 5.41) is 3.00. The highest BCUT2D eigenvalue weighted by Gasteiger charge is 1.83. The molecule has 0 bridgehead atoms. The number of nitrogens with one attached hydrogen (secondary N) is 1. The van der Waals surface area contributed by atoms with Gasteiger partial charge in [0.25, 0.3) is 0 Å². The minimum absolute atomic E-state index is 0.816. The van der Waals surface area contributed by atoms with Gasteiger partial charge in [-0.2, -0.15) is 0 Å². The van der Waals surface area contributed by atoms with Crippen LogP contribution in [-0.4, -0.2) is 13.6 Å². The molecule has 0 aliphatic carbocycles. The molecule has 0 amide bonds. The Kier molecular flexibility index (Phi) is 5.26. The summed E-state index contributed by atoms with van der Waals surface area (Å²) in [5.41, 5.74) is 1.04. The predicted octanol–water partition coefficient (Wildman–Crippen LogP) is 2.23. The Bertz CT molecular complexity index is 159. The first-order valence-electron chi connectivity index (χ1n) is 3.01. The molecule has 0 aliphatic heterocycles. The molecule has 0 rings (SSSR count). The van der Waals surface area contributed by atoms with Crippen molar-refractivity contribution < 1.29 is 0 Å². The van der Waals surface area contributed by atoms with Crippen LogP contribution in [0.2, 0.25) is 0 Å². The smallest absolute Gasteiger partial charge is 0.0196 e. The van der Waals surface area contributed by atoms with Crippen molar-refractivity contribution in [3.63, 3.8) is 0 Å². The number of hydrogen-bond acceptors (Lipinski definition) is 1. The predicted molar refractivity (Wildman–Crippen MR) is 50.3 cm³/mol. The van der Waals surface area contributed by atoms with Crippen molar-refractivity contribution in [1.29, 1.82) is 0 Å². The third-order valence-corrected chi connectivity index (χ3v) is 1.17. The average molecular weight is 202 g/mol. The maximum absolute atomic E-state index is 3.81. The Hall–Kier alpha value is -0.340. The van der Waals surface area contributed by atoms with E-state index in [1.54, 1.807) is 0 Å². The molecule has 0 spiro atoms. The standard InChI is InChI=1S/C8H12BrN/c1-7(6-10-3)4-5-8(2)9/h4-5,10H,1-2,6H2,3H3/b5-4-. The zero-order valence-corrected chi connectivity index (χ0v) is 7.74. The molecule has 0 aliphatic rings. The van der Waals surface area contributed by atoms with E-state index in [2.05, 4.69) is 34.4 Å². The Morgan fingerprint density at radius 2 is 2.10 bits per heavy atom. The van der Waals surface area contributed by atoms with E-state index in [1.807, 2.05) is 19.2 Å². The summed E-state index contributed by atoms with van der Waals surface area (Å²) >= 11 is 3.21. The lowest BCUT2D eigenvalue weighted by molar-refractivity contribution is 0.898. The van der Waals surface area contributed by atoms with Gasteiger partial charge in [-0.1, -0.05) is 35.2 Å². The second-order valence-corrected chi connectivity index (χ2v) is 2.99. The average Bonchev–Trinajstić information content (AvgIpc) is 1.85. The normalized spacial score (nSPS) is 10.2. The topological polar surface area (TPSA) is 12.0 Å². The van der Waals surface area contributed by atoms with E-state index in [-0.39, 0.29) is 0 Å². The van der Waals surface area contributed by atoms with Crippen LogP contribution in [0.4, 0.5) is 0 Å². The summed E-state index contributed by atoms with van der Waals surface area (Å²) in [6, 6.07) is 0. The highest BCUT2D eigenvalue weighted by Crippen LogP contribution is 2.03. The summed E-state index contributed by atoms with van der Waals surface area (Å²) in [7, 11) is 1.89. The van der Waals surface area contributed by atoms with E-state index in [9.17, 15) is 0 Å². The summed E-state index contributed by atoms with van der Waals surface area (Å²) in [6.07, 6.45) is 3.80. The highest BCUT2D eigenvalue weighted by atomic mass is 79.9. The van der Waals surface area contributed by atoms with Crippen molar-refractivity contribution in [2.24, 2.45) is 0 Å². The van der Waals surface area contributed by atoms with Gasteiger partial charge >= 0.3 is 0 Å². The van der Waals surface area contributed by atoms with E-state index >= 15 is 0 Å². The summed E-state index contributed by atoms with van der Waals surface area (Å²) in [4.78, 5) is 0. The molecule has 1 nitrogen and oxygen atoms in total. The number of hydrogen-bond donors (Lipinski definition) is 1. The van der Waals surface area contributed by atoms with Crippen molar-refractivity contribution >= 4 is 15.9 Å². The molecule has 0 aromatic heterocycles. The van der Waals surface area contributed by atoms with Crippen LogP contribution >= 0.6 is 15.9 Å². The van der Waals surface area contributed by atoms with E-state index in [0.29, 0.717) is 0 Å². The SMILES string of the molecule is C=C(Br)/C=C\C(=C)CNC. The zero-order valence-electron chi connectivity index (χ0n) is 6.15. The lowest BCUT2D eigenvalue weighted by Crippen LogP contribution is -2.08. The highest BCUT2D eigenvalue weighted by molar-refractivity contribution is 9.11. The van der Waals surface area contributed by atoms with Gasteiger partial charge in [-0.25, -0.2) is 0 Å². The summed E-state index contributed by atoms with van der Waals surface area (Å²) in [5.74, 6) is 0. The third-order valence-electron chi connectivity index (χ3n) is 0.904. The van der Waals surface area contributed by atoms with Gasteiger partial charge in [0, 0.05) is 11.0 Å². The van der Waals surface area contributed by atoms with Gasteiger partial charge in [-0.15, -0.1) is 0 Å². The fourth-order valence-corrected chi connectivity index (χ4v) is 0.626. The number of rotatable bonds is 4. The zero-order chi connectivity index (χ0) is 7.98. The Balaban J connectivity index is 3.67. The molecule has 0 atom stereocenters. The van der Waals surface area contributed by atoms with E-state index in [1.165, 1.54) is 0 Å². The molecule has 56 valence electrons. The van der Waals surface area contributed by atoms with Crippen LogP contribution in [0.5, 0.6) is 0 Å². The summed E-state index contributed by atoms with van der Waals surface area (Å²) < 4.78 is 0.866. The quantitative estimate of drug-likeness (QED) is 0.689. The maximum Gasteiger partial charge on any atom is 0.0196 e. The first kappa shape index (κ1) is 9.66. The number of likely N-dealkylation sites (N-methyl/N-ethyl adjacent to an activating group) is 1. The molecule has 10 heavy (non-hydrogen) atoms. The first-order chi connectivity index (χ1) is 4.66. The largest absolute Gasteiger partial charge is 0.316 e. The van der Waals surface area contributed by atoms with Crippen LogP contribution in [0, 0.1) is 0 Å². The molecule has 0 radical (unpaired) electrons. The fraction of sp³-hybridized carbons (Fsp3) is 0.250.